The molecule has 4 rings (SSSR count). The lowest BCUT2D eigenvalue weighted by Crippen LogP contribution is -2.17. The second kappa shape index (κ2) is 9.01. The third-order valence-electron chi connectivity index (χ3n) is 5.01. The minimum atomic E-state index is -0.325. The maximum atomic E-state index is 12.6. The summed E-state index contributed by atoms with van der Waals surface area (Å²) < 4.78 is 8.59. The number of imidazole rings is 1. The number of carbonyl (C=O) groups excluding carboxylic acids is 1. The summed E-state index contributed by atoms with van der Waals surface area (Å²) in [6.45, 7) is 2.57. The Morgan fingerprint density at radius 2 is 1.87 bits per heavy atom. The number of aromatic hydroxyl groups is 1. The Morgan fingerprint density at radius 3 is 2.55 bits per heavy atom. The van der Waals surface area contributed by atoms with Gasteiger partial charge in [0, 0.05) is 12.6 Å². The molecule has 0 fully saturated rings. The SMILES string of the molecule is Cc1ccc(CCn2c(CC(=O)Nc3ccon3)c(O)n(-c3ccccc3)c2=S)cc1. The number of carbonyl (C=O) groups is 1. The number of anilines is 1. The fourth-order valence-electron chi connectivity index (χ4n) is 3.40. The number of para-hydroxylation sites is 1. The average molecular weight is 435 g/mol. The fourth-order valence-corrected chi connectivity index (χ4v) is 3.80. The number of aryl methyl sites for hydroxylation is 2. The molecule has 2 N–H and O–H groups in total. The highest BCUT2D eigenvalue weighted by atomic mass is 32.1. The van der Waals surface area contributed by atoms with Crippen molar-refractivity contribution in [3.05, 3.63) is 88.5 Å². The van der Waals surface area contributed by atoms with E-state index in [0.29, 0.717) is 29.2 Å². The molecule has 4 aromatic rings. The van der Waals surface area contributed by atoms with Gasteiger partial charge in [0.05, 0.1) is 17.8 Å². The molecule has 158 valence electrons. The van der Waals surface area contributed by atoms with Gasteiger partial charge in [0.2, 0.25) is 11.8 Å². The third-order valence-corrected chi connectivity index (χ3v) is 5.41. The molecule has 2 aromatic carbocycles. The summed E-state index contributed by atoms with van der Waals surface area (Å²) in [6.07, 6.45) is 2.03. The molecule has 0 atom stereocenters. The second-order valence-electron chi connectivity index (χ2n) is 7.22. The van der Waals surface area contributed by atoms with Gasteiger partial charge in [0.15, 0.2) is 10.6 Å². The summed E-state index contributed by atoms with van der Waals surface area (Å²) in [4.78, 5) is 12.6. The molecule has 31 heavy (non-hydrogen) atoms. The van der Waals surface area contributed by atoms with E-state index in [-0.39, 0.29) is 18.2 Å². The van der Waals surface area contributed by atoms with Crippen LogP contribution in [0.5, 0.6) is 5.88 Å². The second-order valence-corrected chi connectivity index (χ2v) is 7.59. The van der Waals surface area contributed by atoms with Gasteiger partial charge in [-0.2, -0.15) is 0 Å². The van der Waals surface area contributed by atoms with Crippen LogP contribution in [0.25, 0.3) is 5.69 Å². The summed E-state index contributed by atoms with van der Waals surface area (Å²) in [5.41, 5.74) is 3.52. The van der Waals surface area contributed by atoms with Gasteiger partial charge in [-0.15, -0.1) is 0 Å². The smallest absolute Gasteiger partial charge is 0.231 e. The van der Waals surface area contributed by atoms with Crippen LogP contribution in [0.2, 0.25) is 0 Å². The van der Waals surface area contributed by atoms with E-state index in [0.717, 1.165) is 11.3 Å². The predicted octanol–water partition coefficient (Wildman–Crippen LogP) is 4.43. The zero-order valence-corrected chi connectivity index (χ0v) is 17.8. The molecule has 0 radical (unpaired) electrons. The lowest BCUT2D eigenvalue weighted by molar-refractivity contribution is -0.115. The zero-order chi connectivity index (χ0) is 21.8. The van der Waals surface area contributed by atoms with Crippen molar-refractivity contribution in [2.75, 3.05) is 5.32 Å². The van der Waals surface area contributed by atoms with E-state index in [1.165, 1.54) is 11.8 Å². The van der Waals surface area contributed by atoms with E-state index in [9.17, 15) is 9.90 Å². The number of hydrogen-bond acceptors (Lipinski definition) is 5. The molecule has 2 aromatic heterocycles. The zero-order valence-electron chi connectivity index (χ0n) is 17.0. The predicted molar refractivity (Wildman–Crippen MR) is 120 cm³/mol. The van der Waals surface area contributed by atoms with Crippen molar-refractivity contribution < 1.29 is 14.4 Å². The minimum Gasteiger partial charge on any atom is -0.493 e. The largest absolute Gasteiger partial charge is 0.493 e. The number of hydrogen-bond donors (Lipinski definition) is 2. The number of aromatic nitrogens is 3. The van der Waals surface area contributed by atoms with Crippen LogP contribution in [0, 0.1) is 11.7 Å². The number of benzene rings is 2. The van der Waals surface area contributed by atoms with Crippen molar-refractivity contribution in [1.29, 1.82) is 0 Å². The summed E-state index contributed by atoms with van der Waals surface area (Å²) in [5.74, 6) is -0.0549. The van der Waals surface area contributed by atoms with Gasteiger partial charge < -0.3 is 19.5 Å². The van der Waals surface area contributed by atoms with Gasteiger partial charge in [-0.25, -0.2) is 0 Å². The summed E-state index contributed by atoms with van der Waals surface area (Å²) in [7, 11) is 0. The standard InChI is InChI=1S/C23H22N4O3S/c1-16-7-9-17(10-8-16)11-13-26-19(15-21(28)24-20-12-14-30-25-20)22(29)27(23(26)31)18-5-3-2-4-6-18/h2-10,12,14,29H,11,13,15H2,1H3,(H,24,25,28). The Labute approximate surface area is 184 Å². The quantitative estimate of drug-likeness (QED) is 0.420. The number of amides is 1. The summed E-state index contributed by atoms with van der Waals surface area (Å²) >= 11 is 5.69. The first kappa shape index (κ1) is 20.6. The van der Waals surface area contributed by atoms with Crippen molar-refractivity contribution >= 4 is 23.9 Å². The molecule has 0 bridgehead atoms. The Bertz CT molecular complexity index is 1230. The van der Waals surface area contributed by atoms with Gasteiger partial charge in [-0.1, -0.05) is 53.2 Å². The van der Waals surface area contributed by atoms with Crippen molar-refractivity contribution in [2.24, 2.45) is 0 Å². The monoisotopic (exact) mass is 434 g/mol. The molecular weight excluding hydrogens is 412 g/mol. The van der Waals surface area contributed by atoms with Gasteiger partial charge in [0.1, 0.15) is 6.26 Å². The van der Waals surface area contributed by atoms with Gasteiger partial charge in [0.25, 0.3) is 0 Å². The van der Waals surface area contributed by atoms with E-state index >= 15 is 0 Å². The molecule has 0 unspecified atom stereocenters. The Morgan fingerprint density at radius 1 is 1.13 bits per heavy atom. The molecule has 0 saturated heterocycles. The lowest BCUT2D eigenvalue weighted by Gasteiger charge is -2.09. The van der Waals surface area contributed by atoms with Crippen LogP contribution in [0.1, 0.15) is 16.8 Å². The lowest BCUT2D eigenvalue weighted by atomic mass is 10.1. The molecule has 7 nitrogen and oxygen atoms in total. The molecule has 2 heterocycles. The van der Waals surface area contributed by atoms with Gasteiger partial charge in [-0.3, -0.25) is 9.36 Å². The minimum absolute atomic E-state index is 0.0459. The van der Waals surface area contributed by atoms with Gasteiger partial charge in [-0.05, 0) is 43.3 Å². The molecule has 0 spiro atoms. The Hall–Kier alpha value is -3.65. The van der Waals surface area contributed by atoms with Crippen LogP contribution in [0.4, 0.5) is 5.82 Å². The van der Waals surface area contributed by atoms with Crippen molar-refractivity contribution in [2.45, 2.75) is 26.3 Å². The molecule has 0 aliphatic carbocycles. The van der Waals surface area contributed by atoms with E-state index in [4.69, 9.17) is 16.7 Å². The highest BCUT2D eigenvalue weighted by Gasteiger charge is 2.21. The van der Waals surface area contributed by atoms with E-state index in [1.54, 1.807) is 10.6 Å². The summed E-state index contributed by atoms with van der Waals surface area (Å²) in [5, 5.41) is 17.4. The van der Waals surface area contributed by atoms with Crippen LogP contribution in [0.15, 0.2) is 71.4 Å². The van der Waals surface area contributed by atoms with Crippen molar-refractivity contribution in [1.82, 2.24) is 14.3 Å². The molecular formula is C23H22N4O3S. The first-order valence-electron chi connectivity index (χ1n) is 9.87. The maximum Gasteiger partial charge on any atom is 0.231 e. The topological polar surface area (TPSA) is 85.2 Å². The Balaban J connectivity index is 1.67. The third kappa shape index (κ3) is 4.59. The van der Waals surface area contributed by atoms with Crippen molar-refractivity contribution in [3.8, 4) is 11.6 Å². The van der Waals surface area contributed by atoms with Crippen LogP contribution >= 0.6 is 12.2 Å². The van der Waals surface area contributed by atoms with Crippen LogP contribution in [0.3, 0.4) is 0 Å². The summed E-state index contributed by atoms with van der Waals surface area (Å²) in [6, 6.07) is 19.2. The van der Waals surface area contributed by atoms with Gasteiger partial charge >= 0.3 is 0 Å². The first-order valence-corrected chi connectivity index (χ1v) is 10.3. The number of rotatable bonds is 7. The highest BCUT2D eigenvalue weighted by molar-refractivity contribution is 7.71. The highest BCUT2D eigenvalue weighted by Crippen LogP contribution is 2.27. The normalized spacial score (nSPS) is 10.9. The maximum absolute atomic E-state index is 12.6. The molecule has 0 saturated carbocycles. The van der Waals surface area contributed by atoms with E-state index < -0.39 is 0 Å². The average Bonchev–Trinajstić information content (AvgIpc) is 3.35. The molecule has 0 aliphatic heterocycles. The van der Waals surface area contributed by atoms with E-state index in [1.807, 2.05) is 41.8 Å². The first-order chi connectivity index (χ1) is 15.0. The van der Waals surface area contributed by atoms with Crippen molar-refractivity contribution in [3.63, 3.8) is 0 Å². The fraction of sp³-hybridized carbons (Fsp3) is 0.174. The van der Waals surface area contributed by atoms with Crippen LogP contribution < -0.4 is 5.32 Å². The Kier molecular flexibility index (Phi) is 5.99. The molecule has 0 aliphatic rings. The molecule has 1 amide bonds. The molecule has 8 heteroatoms. The van der Waals surface area contributed by atoms with E-state index in [2.05, 4.69) is 34.7 Å². The van der Waals surface area contributed by atoms with Crippen LogP contribution in [-0.2, 0) is 24.2 Å². The van der Waals surface area contributed by atoms with Crippen LogP contribution in [-0.4, -0.2) is 25.3 Å². The number of nitrogens with zero attached hydrogens (tertiary/aromatic N) is 3. The number of nitrogens with one attached hydrogen (secondary N) is 1.